The summed E-state index contributed by atoms with van der Waals surface area (Å²) in [6.45, 7) is 2.26. The van der Waals surface area contributed by atoms with Crippen LogP contribution in [0.25, 0.3) is 0 Å². The summed E-state index contributed by atoms with van der Waals surface area (Å²) >= 11 is 0. The van der Waals surface area contributed by atoms with Crippen molar-refractivity contribution in [2.45, 2.75) is 6.42 Å². The Hall–Kier alpha value is -2.46. The molecule has 0 saturated carbocycles. The maximum absolute atomic E-state index is 12.3. The van der Waals surface area contributed by atoms with Crippen molar-refractivity contribution in [1.29, 1.82) is 5.26 Å². The zero-order valence-corrected chi connectivity index (χ0v) is 11.5. The molecule has 110 valence electrons. The number of hydrogen-bond donors (Lipinski definition) is 1. The van der Waals surface area contributed by atoms with Crippen molar-refractivity contribution in [3.05, 3.63) is 29.6 Å². The van der Waals surface area contributed by atoms with Crippen molar-refractivity contribution in [2.75, 3.05) is 32.7 Å². The molecule has 0 radical (unpaired) electrons. The number of carbonyl (C=O) groups excluding carboxylic acids is 1. The van der Waals surface area contributed by atoms with Crippen molar-refractivity contribution in [3.8, 4) is 6.07 Å². The Morgan fingerprint density at radius 2 is 2.10 bits per heavy atom. The van der Waals surface area contributed by atoms with Crippen LogP contribution >= 0.6 is 0 Å². The summed E-state index contributed by atoms with van der Waals surface area (Å²) in [7, 11) is 0. The van der Waals surface area contributed by atoms with E-state index in [-0.39, 0.29) is 12.5 Å². The lowest BCUT2D eigenvalue weighted by molar-refractivity contribution is -0.138. The molecule has 1 aliphatic rings. The summed E-state index contributed by atoms with van der Waals surface area (Å²) in [5, 5.41) is 17.5. The molecule has 1 fully saturated rings. The number of amides is 1. The van der Waals surface area contributed by atoms with Gasteiger partial charge >= 0.3 is 5.97 Å². The highest BCUT2D eigenvalue weighted by atomic mass is 16.4. The van der Waals surface area contributed by atoms with E-state index in [9.17, 15) is 9.59 Å². The number of rotatable bonds is 3. The molecule has 1 aliphatic heterocycles. The first kappa shape index (κ1) is 14.9. The van der Waals surface area contributed by atoms with E-state index < -0.39 is 5.97 Å². The fourth-order valence-corrected chi connectivity index (χ4v) is 2.27. The second kappa shape index (κ2) is 6.81. The van der Waals surface area contributed by atoms with Crippen LogP contribution < -0.4 is 0 Å². The summed E-state index contributed by atoms with van der Waals surface area (Å²) < 4.78 is 0. The molecule has 1 saturated heterocycles. The van der Waals surface area contributed by atoms with Crippen molar-refractivity contribution < 1.29 is 14.7 Å². The predicted octanol–water partition coefficient (Wildman–Crippen LogP) is 0.186. The molecule has 0 aromatic carbocycles. The third-order valence-electron chi connectivity index (χ3n) is 3.35. The van der Waals surface area contributed by atoms with Crippen molar-refractivity contribution in [1.82, 2.24) is 14.8 Å². The molecule has 1 aromatic heterocycles. The monoisotopic (exact) mass is 288 g/mol. The van der Waals surface area contributed by atoms with E-state index in [1.807, 2.05) is 11.0 Å². The first-order chi connectivity index (χ1) is 10.1. The molecule has 7 heteroatoms. The lowest BCUT2D eigenvalue weighted by Gasteiger charge is -2.20. The molecular formula is C14H16N4O3. The Balaban J connectivity index is 1.99. The van der Waals surface area contributed by atoms with Crippen LogP contribution in [0.2, 0.25) is 0 Å². The third-order valence-corrected chi connectivity index (χ3v) is 3.35. The van der Waals surface area contributed by atoms with Crippen LogP contribution in [0.1, 0.15) is 22.5 Å². The summed E-state index contributed by atoms with van der Waals surface area (Å²) in [4.78, 5) is 30.5. The molecule has 1 amide bonds. The Morgan fingerprint density at radius 3 is 2.71 bits per heavy atom. The molecule has 1 N–H and O–H groups in total. The number of carbonyl (C=O) groups is 2. The van der Waals surface area contributed by atoms with Crippen LogP contribution in [0.15, 0.2) is 18.3 Å². The third kappa shape index (κ3) is 4.00. The Bertz CT molecular complexity index is 565. The van der Waals surface area contributed by atoms with Gasteiger partial charge in [0.25, 0.3) is 5.91 Å². The van der Waals surface area contributed by atoms with Crippen LogP contribution in [-0.2, 0) is 4.79 Å². The van der Waals surface area contributed by atoms with E-state index in [2.05, 4.69) is 4.98 Å². The number of nitriles is 1. The topological polar surface area (TPSA) is 97.5 Å². The van der Waals surface area contributed by atoms with Gasteiger partial charge in [0.05, 0.1) is 12.1 Å². The molecule has 0 spiro atoms. The molecule has 2 rings (SSSR count). The molecular weight excluding hydrogens is 272 g/mol. The number of carboxylic acids is 1. The zero-order chi connectivity index (χ0) is 15.2. The summed E-state index contributed by atoms with van der Waals surface area (Å²) in [6.07, 6.45) is 2.11. The molecule has 7 nitrogen and oxygen atoms in total. The smallest absolute Gasteiger partial charge is 0.317 e. The van der Waals surface area contributed by atoms with Crippen molar-refractivity contribution >= 4 is 11.9 Å². The Morgan fingerprint density at radius 1 is 1.29 bits per heavy atom. The van der Waals surface area contributed by atoms with Crippen molar-refractivity contribution in [2.24, 2.45) is 0 Å². The van der Waals surface area contributed by atoms with Crippen molar-refractivity contribution in [3.63, 3.8) is 0 Å². The SMILES string of the molecule is N#Cc1ccc(C(=O)N2CCCN(CC(=O)O)CC2)nc1. The summed E-state index contributed by atoms with van der Waals surface area (Å²) in [5.41, 5.74) is 0.718. The molecule has 0 bridgehead atoms. The van der Waals surface area contributed by atoms with E-state index in [4.69, 9.17) is 10.4 Å². The fourth-order valence-electron chi connectivity index (χ4n) is 2.27. The van der Waals surface area contributed by atoms with Crippen LogP contribution in [0.4, 0.5) is 0 Å². The lowest BCUT2D eigenvalue weighted by Crippen LogP contribution is -2.37. The van der Waals surface area contributed by atoms with E-state index in [1.54, 1.807) is 17.0 Å². The van der Waals surface area contributed by atoms with Gasteiger partial charge in [-0.2, -0.15) is 5.26 Å². The molecule has 1 aromatic rings. The molecule has 0 atom stereocenters. The van der Waals surface area contributed by atoms with E-state index in [0.717, 1.165) is 6.42 Å². The lowest BCUT2D eigenvalue weighted by atomic mass is 10.2. The van der Waals surface area contributed by atoms with Gasteiger partial charge in [-0.05, 0) is 18.6 Å². The van der Waals surface area contributed by atoms with Gasteiger partial charge in [-0.3, -0.25) is 14.5 Å². The van der Waals surface area contributed by atoms with E-state index >= 15 is 0 Å². The van der Waals surface area contributed by atoms with Gasteiger partial charge in [-0.25, -0.2) is 4.98 Å². The standard InChI is InChI=1S/C14H16N4O3/c15-8-11-2-3-12(16-9-11)14(21)18-5-1-4-17(6-7-18)10-13(19)20/h2-3,9H,1,4-7,10H2,(H,19,20). The van der Waals surface area contributed by atoms with Gasteiger partial charge in [0.15, 0.2) is 0 Å². The minimum Gasteiger partial charge on any atom is -0.480 e. The molecule has 0 unspecified atom stereocenters. The highest BCUT2D eigenvalue weighted by molar-refractivity contribution is 5.92. The Kier molecular flexibility index (Phi) is 4.85. The van der Waals surface area contributed by atoms with Crippen LogP contribution in [0.5, 0.6) is 0 Å². The largest absolute Gasteiger partial charge is 0.480 e. The van der Waals surface area contributed by atoms with E-state index in [1.165, 1.54) is 6.20 Å². The van der Waals surface area contributed by atoms with Gasteiger partial charge in [-0.15, -0.1) is 0 Å². The average molecular weight is 288 g/mol. The highest BCUT2D eigenvalue weighted by Gasteiger charge is 2.21. The number of pyridine rings is 1. The quantitative estimate of drug-likeness (QED) is 0.852. The zero-order valence-electron chi connectivity index (χ0n) is 11.5. The normalized spacial score (nSPS) is 16.0. The number of aromatic nitrogens is 1. The fraction of sp³-hybridized carbons (Fsp3) is 0.429. The van der Waals surface area contributed by atoms with Gasteiger partial charge < -0.3 is 10.0 Å². The number of nitrogens with zero attached hydrogens (tertiary/aromatic N) is 4. The van der Waals surface area contributed by atoms with Gasteiger partial charge in [0, 0.05) is 32.4 Å². The van der Waals surface area contributed by atoms with Crippen LogP contribution in [0, 0.1) is 11.3 Å². The number of aliphatic carboxylic acids is 1. The maximum Gasteiger partial charge on any atom is 0.317 e. The van der Waals surface area contributed by atoms with E-state index in [0.29, 0.717) is 37.4 Å². The highest BCUT2D eigenvalue weighted by Crippen LogP contribution is 2.08. The summed E-state index contributed by atoms with van der Waals surface area (Å²) in [5.74, 6) is -1.04. The first-order valence-corrected chi connectivity index (χ1v) is 6.69. The molecule has 0 aliphatic carbocycles. The maximum atomic E-state index is 12.3. The van der Waals surface area contributed by atoms with Crippen LogP contribution in [0.3, 0.4) is 0 Å². The molecule has 2 heterocycles. The predicted molar refractivity (Wildman–Crippen MR) is 73.5 cm³/mol. The minimum absolute atomic E-state index is 0.00283. The Labute approximate surface area is 122 Å². The number of hydrogen-bond acceptors (Lipinski definition) is 5. The van der Waals surface area contributed by atoms with Gasteiger partial charge in [0.1, 0.15) is 11.8 Å². The second-order valence-corrected chi connectivity index (χ2v) is 4.86. The van der Waals surface area contributed by atoms with Gasteiger partial charge in [0.2, 0.25) is 0 Å². The van der Waals surface area contributed by atoms with Crippen LogP contribution in [-0.4, -0.2) is 64.5 Å². The number of carboxylic acid groups (broad SMARTS) is 1. The summed E-state index contributed by atoms with van der Waals surface area (Å²) in [6, 6.07) is 5.06. The van der Waals surface area contributed by atoms with Gasteiger partial charge in [-0.1, -0.05) is 0 Å². The first-order valence-electron chi connectivity index (χ1n) is 6.69. The average Bonchev–Trinajstić information content (AvgIpc) is 2.71. The molecule has 21 heavy (non-hydrogen) atoms. The second-order valence-electron chi connectivity index (χ2n) is 4.86. The minimum atomic E-state index is -0.858.